The van der Waals surface area contributed by atoms with E-state index in [0.29, 0.717) is 5.52 Å². The van der Waals surface area contributed by atoms with Crippen LogP contribution in [0.3, 0.4) is 0 Å². The molecule has 0 aliphatic carbocycles. The van der Waals surface area contributed by atoms with Gasteiger partial charge in [0.05, 0.1) is 11.7 Å². The molecule has 20 heavy (non-hydrogen) atoms. The lowest BCUT2D eigenvalue weighted by molar-refractivity contribution is -0.141. The zero-order valence-corrected chi connectivity index (χ0v) is 10.5. The van der Waals surface area contributed by atoms with Crippen molar-refractivity contribution >= 4 is 22.5 Å². The lowest BCUT2D eigenvalue weighted by Crippen LogP contribution is -2.11. The van der Waals surface area contributed by atoms with Crippen molar-refractivity contribution in [1.82, 2.24) is 19.7 Å². The molecule has 0 saturated carbocycles. The summed E-state index contributed by atoms with van der Waals surface area (Å²) in [5.41, 5.74) is -0.470. The van der Waals surface area contributed by atoms with Crippen LogP contribution in [0.1, 0.15) is 5.69 Å². The first kappa shape index (κ1) is 12.9. The molecule has 0 saturated heterocycles. The van der Waals surface area contributed by atoms with Gasteiger partial charge in [0.15, 0.2) is 11.5 Å². The molecule has 0 N–H and O–H groups in total. The minimum atomic E-state index is -4.59. The summed E-state index contributed by atoms with van der Waals surface area (Å²) in [5, 5.41) is 4.34. The molecule has 0 unspecified atom stereocenters. The molecule has 0 aliphatic heterocycles. The number of benzene rings is 1. The summed E-state index contributed by atoms with van der Waals surface area (Å²) in [6, 6.07) is 7.90. The standard InChI is InChI=1S/C12H6ClF3N4/c13-11-18-9(12(14,15)16)5-10(19-11)20-8-4-2-1-3-7(8)6-17-20/h1-6H. The molecular weight excluding hydrogens is 293 g/mol. The molecule has 3 aromatic rings. The minimum Gasteiger partial charge on any atom is -0.215 e. The molecule has 0 radical (unpaired) electrons. The van der Waals surface area contributed by atoms with E-state index in [1.54, 1.807) is 24.4 Å². The highest BCUT2D eigenvalue weighted by Gasteiger charge is 2.34. The van der Waals surface area contributed by atoms with Crippen molar-refractivity contribution < 1.29 is 13.2 Å². The number of hydrogen-bond donors (Lipinski definition) is 0. The maximum atomic E-state index is 12.7. The van der Waals surface area contributed by atoms with E-state index in [0.717, 1.165) is 11.5 Å². The molecule has 0 amide bonds. The van der Waals surface area contributed by atoms with Gasteiger partial charge >= 0.3 is 6.18 Å². The zero-order valence-electron chi connectivity index (χ0n) is 9.76. The van der Waals surface area contributed by atoms with Crippen molar-refractivity contribution in [3.8, 4) is 5.82 Å². The molecule has 0 fully saturated rings. The second kappa shape index (κ2) is 4.45. The number of rotatable bonds is 1. The Morgan fingerprint density at radius 2 is 1.85 bits per heavy atom. The predicted octanol–water partition coefficient (Wildman–Crippen LogP) is 3.49. The minimum absolute atomic E-state index is 0.0291. The molecule has 1 aromatic carbocycles. The summed E-state index contributed by atoms with van der Waals surface area (Å²) in [7, 11) is 0. The molecule has 8 heteroatoms. The molecule has 0 aliphatic rings. The van der Waals surface area contributed by atoms with Crippen LogP contribution in [0.2, 0.25) is 5.28 Å². The second-order valence-corrected chi connectivity index (χ2v) is 4.33. The highest BCUT2D eigenvalue weighted by Crippen LogP contribution is 2.29. The van der Waals surface area contributed by atoms with Gasteiger partial charge in [0, 0.05) is 11.5 Å². The topological polar surface area (TPSA) is 43.6 Å². The Bertz CT molecular complexity index is 782. The fraction of sp³-hybridized carbons (Fsp3) is 0.0833. The average molecular weight is 299 g/mol. The molecule has 4 nitrogen and oxygen atoms in total. The summed E-state index contributed by atoms with van der Waals surface area (Å²) >= 11 is 5.56. The number of nitrogens with zero attached hydrogens (tertiary/aromatic N) is 4. The van der Waals surface area contributed by atoms with E-state index in [1.165, 1.54) is 4.68 Å². The first-order valence-corrected chi connectivity index (χ1v) is 5.88. The van der Waals surface area contributed by atoms with Crippen molar-refractivity contribution in [3.05, 3.63) is 47.5 Å². The summed E-state index contributed by atoms with van der Waals surface area (Å²) in [5.74, 6) is -0.0291. The molecule has 0 spiro atoms. The normalized spacial score (nSPS) is 12.0. The fourth-order valence-electron chi connectivity index (χ4n) is 1.81. The van der Waals surface area contributed by atoms with Crippen LogP contribution < -0.4 is 0 Å². The zero-order chi connectivity index (χ0) is 14.3. The molecule has 102 valence electrons. The van der Waals surface area contributed by atoms with E-state index in [4.69, 9.17) is 11.6 Å². The largest absolute Gasteiger partial charge is 0.433 e. The van der Waals surface area contributed by atoms with Crippen molar-refractivity contribution in [3.63, 3.8) is 0 Å². The van der Waals surface area contributed by atoms with Gasteiger partial charge in [0.1, 0.15) is 0 Å². The van der Waals surface area contributed by atoms with E-state index in [2.05, 4.69) is 15.1 Å². The average Bonchev–Trinajstić information content (AvgIpc) is 2.80. The Hall–Kier alpha value is -2.15. The third-order valence-corrected chi connectivity index (χ3v) is 2.84. The Labute approximate surface area is 115 Å². The van der Waals surface area contributed by atoms with Crippen LogP contribution in [0.4, 0.5) is 13.2 Å². The molecular formula is C12H6ClF3N4. The maximum absolute atomic E-state index is 12.7. The molecule has 0 atom stereocenters. The first-order chi connectivity index (χ1) is 9.45. The number of halogens is 4. The van der Waals surface area contributed by atoms with Crippen LogP contribution in [0.15, 0.2) is 36.5 Å². The van der Waals surface area contributed by atoms with Crippen molar-refractivity contribution in [2.75, 3.05) is 0 Å². The van der Waals surface area contributed by atoms with Gasteiger partial charge in [-0.1, -0.05) is 18.2 Å². The van der Waals surface area contributed by atoms with Crippen LogP contribution in [0, 0.1) is 0 Å². The first-order valence-electron chi connectivity index (χ1n) is 5.50. The number of para-hydroxylation sites is 1. The third kappa shape index (κ3) is 2.20. The second-order valence-electron chi connectivity index (χ2n) is 3.99. The lowest BCUT2D eigenvalue weighted by Gasteiger charge is -2.08. The fourth-order valence-corrected chi connectivity index (χ4v) is 1.99. The highest BCUT2D eigenvalue weighted by atomic mass is 35.5. The maximum Gasteiger partial charge on any atom is 0.433 e. The summed E-state index contributed by atoms with van der Waals surface area (Å²) in [4.78, 5) is 6.98. The van der Waals surface area contributed by atoms with Gasteiger partial charge in [-0.3, -0.25) is 0 Å². The van der Waals surface area contributed by atoms with E-state index >= 15 is 0 Å². The summed E-state index contributed by atoms with van der Waals surface area (Å²) in [6.07, 6.45) is -3.05. The smallest absolute Gasteiger partial charge is 0.215 e. The third-order valence-electron chi connectivity index (χ3n) is 2.67. The quantitative estimate of drug-likeness (QED) is 0.646. The molecule has 2 aromatic heterocycles. The SMILES string of the molecule is FC(F)(F)c1cc(-n2ncc3ccccc32)nc(Cl)n1. The lowest BCUT2D eigenvalue weighted by atomic mass is 10.2. The van der Waals surface area contributed by atoms with E-state index in [1.807, 2.05) is 6.07 Å². The van der Waals surface area contributed by atoms with Gasteiger partial charge < -0.3 is 0 Å². The van der Waals surface area contributed by atoms with Gasteiger partial charge in [0.25, 0.3) is 0 Å². The van der Waals surface area contributed by atoms with Gasteiger partial charge in [-0.25, -0.2) is 9.67 Å². The van der Waals surface area contributed by atoms with Gasteiger partial charge in [-0.15, -0.1) is 0 Å². The van der Waals surface area contributed by atoms with E-state index < -0.39 is 17.2 Å². The van der Waals surface area contributed by atoms with Crippen molar-refractivity contribution in [2.45, 2.75) is 6.18 Å². The Kier molecular flexibility index (Phi) is 2.86. The van der Waals surface area contributed by atoms with Crippen LogP contribution >= 0.6 is 11.6 Å². The Balaban J connectivity index is 2.22. The number of aromatic nitrogens is 4. The van der Waals surface area contributed by atoms with Gasteiger partial charge in [-0.2, -0.15) is 23.3 Å². The van der Waals surface area contributed by atoms with Crippen LogP contribution in [0.5, 0.6) is 0 Å². The Morgan fingerprint density at radius 1 is 1.10 bits per heavy atom. The van der Waals surface area contributed by atoms with Gasteiger partial charge in [-0.05, 0) is 17.7 Å². The molecule has 2 heterocycles. The predicted molar refractivity (Wildman–Crippen MR) is 66.7 cm³/mol. The van der Waals surface area contributed by atoms with Crippen LogP contribution in [-0.4, -0.2) is 19.7 Å². The Morgan fingerprint density at radius 3 is 2.60 bits per heavy atom. The molecule has 3 rings (SSSR count). The summed E-state index contributed by atoms with van der Waals surface area (Å²) in [6.45, 7) is 0. The van der Waals surface area contributed by atoms with Crippen molar-refractivity contribution in [1.29, 1.82) is 0 Å². The van der Waals surface area contributed by atoms with E-state index in [-0.39, 0.29) is 5.82 Å². The van der Waals surface area contributed by atoms with Crippen LogP contribution in [-0.2, 0) is 6.18 Å². The number of fused-ring (bicyclic) bond motifs is 1. The molecule has 0 bridgehead atoms. The van der Waals surface area contributed by atoms with E-state index in [9.17, 15) is 13.2 Å². The van der Waals surface area contributed by atoms with Gasteiger partial charge in [0.2, 0.25) is 5.28 Å². The highest BCUT2D eigenvalue weighted by molar-refractivity contribution is 6.28. The number of alkyl halides is 3. The monoisotopic (exact) mass is 298 g/mol. The summed E-state index contributed by atoms with van der Waals surface area (Å²) < 4.78 is 39.5. The van der Waals surface area contributed by atoms with Crippen LogP contribution in [0.25, 0.3) is 16.7 Å². The van der Waals surface area contributed by atoms with Crippen molar-refractivity contribution in [2.24, 2.45) is 0 Å². The number of hydrogen-bond acceptors (Lipinski definition) is 3.